The topological polar surface area (TPSA) is 84.3 Å². The number of rotatable bonds is 2. The van der Waals surface area contributed by atoms with Crippen LogP contribution in [0.15, 0.2) is 17.2 Å². The third-order valence-corrected chi connectivity index (χ3v) is 2.01. The Kier molecular flexibility index (Phi) is 3.31. The van der Waals surface area contributed by atoms with Gasteiger partial charge in [0.1, 0.15) is 5.57 Å². The molecule has 0 saturated heterocycles. The molecule has 78 valence electrons. The summed E-state index contributed by atoms with van der Waals surface area (Å²) < 4.78 is 4.36. The number of nitrogens with one attached hydrogen (secondary N) is 1. The Morgan fingerprint density at radius 1 is 1.40 bits per heavy atom. The number of methoxy groups -OCH3 is 1. The van der Waals surface area contributed by atoms with Crippen LogP contribution in [-0.4, -0.2) is 30.5 Å². The summed E-state index contributed by atoms with van der Waals surface area (Å²) in [6, 6.07) is 0. The third-order valence-electron chi connectivity index (χ3n) is 2.01. The van der Waals surface area contributed by atoms with Crippen molar-refractivity contribution >= 4 is 23.4 Å². The van der Waals surface area contributed by atoms with Crippen molar-refractivity contribution in [2.45, 2.75) is 12.8 Å². The van der Waals surface area contributed by atoms with E-state index >= 15 is 0 Å². The van der Waals surface area contributed by atoms with Crippen LogP contribution in [0.25, 0.3) is 0 Å². The molecule has 0 radical (unpaired) electrons. The minimum Gasteiger partial charge on any atom is -0.465 e. The molecule has 0 bridgehead atoms. The highest BCUT2D eigenvalue weighted by Crippen LogP contribution is 2.18. The van der Waals surface area contributed by atoms with Gasteiger partial charge in [0, 0.05) is 12.8 Å². The molecule has 0 unspecified atom stereocenters. The lowest BCUT2D eigenvalue weighted by molar-refractivity contribution is -0.135. The van der Waals surface area contributed by atoms with Crippen LogP contribution >= 0.6 is 0 Å². The smallest absolute Gasteiger partial charge is 0.347 e. The number of ether oxygens (including phenoxy) is 1. The number of esters is 1. The molecule has 1 saturated carbocycles. The Morgan fingerprint density at radius 3 is 2.33 bits per heavy atom. The molecule has 0 heterocycles. The number of allylic oxidation sites excluding steroid dienone is 1. The molecule has 5 nitrogen and oxygen atoms in total. The molecule has 0 spiro atoms. The molecule has 1 N–H and O–H groups in total. The maximum Gasteiger partial charge on any atom is 0.347 e. The summed E-state index contributed by atoms with van der Waals surface area (Å²) in [5.41, 5.74) is -0.272. The molecule has 1 fully saturated rings. The van der Waals surface area contributed by atoms with Gasteiger partial charge in [-0.15, -0.1) is 0 Å². The highest BCUT2D eigenvalue weighted by Gasteiger charge is 2.27. The summed E-state index contributed by atoms with van der Waals surface area (Å²) >= 11 is 0. The monoisotopic (exact) mass is 207 g/mol. The van der Waals surface area contributed by atoms with E-state index in [-0.39, 0.29) is 35.6 Å². The van der Waals surface area contributed by atoms with Crippen LogP contribution in [0.1, 0.15) is 12.8 Å². The molecule has 1 aliphatic rings. The molecule has 1 rings (SSSR count). The van der Waals surface area contributed by atoms with Crippen LogP contribution < -0.4 is 0 Å². The fourth-order valence-electron chi connectivity index (χ4n) is 1.21. The van der Waals surface area contributed by atoms with E-state index in [9.17, 15) is 14.4 Å². The number of carbonyl (C=O) groups is 3. The van der Waals surface area contributed by atoms with Crippen molar-refractivity contribution in [1.82, 2.24) is 0 Å². The summed E-state index contributed by atoms with van der Waals surface area (Å²) in [6.45, 7) is 0. The first-order chi connectivity index (χ1) is 7.10. The molecule has 1 aliphatic carbocycles. The van der Waals surface area contributed by atoms with Crippen LogP contribution in [0, 0.1) is 5.41 Å². The summed E-state index contributed by atoms with van der Waals surface area (Å²) in [5, 5.41) is 6.83. The van der Waals surface area contributed by atoms with Crippen molar-refractivity contribution < 1.29 is 19.1 Å². The van der Waals surface area contributed by atoms with Gasteiger partial charge in [0.05, 0.1) is 12.7 Å². The van der Waals surface area contributed by atoms with E-state index in [1.165, 1.54) is 0 Å². The van der Waals surface area contributed by atoms with Crippen LogP contribution in [-0.2, 0) is 19.1 Å². The van der Waals surface area contributed by atoms with E-state index in [2.05, 4.69) is 4.74 Å². The third kappa shape index (κ3) is 2.27. The van der Waals surface area contributed by atoms with Gasteiger partial charge in [-0.3, -0.25) is 15.0 Å². The summed E-state index contributed by atoms with van der Waals surface area (Å²) in [5.74, 6) is 0.428. The lowest BCUT2D eigenvalue weighted by Crippen LogP contribution is -2.07. The van der Waals surface area contributed by atoms with E-state index in [0.29, 0.717) is 0 Å². The molecule has 0 aromatic rings. The second kappa shape index (κ2) is 4.48. The molecule has 0 amide bonds. The van der Waals surface area contributed by atoms with Gasteiger partial charge < -0.3 is 4.74 Å². The second-order valence-corrected chi connectivity index (χ2v) is 2.93. The zero-order chi connectivity index (χ0) is 11.4. The first-order valence-electron chi connectivity index (χ1n) is 4.26. The maximum atomic E-state index is 11.2. The van der Waals surface area contributed by atoms with E-state index in [4.69, 9.17) is 5.41 Å². The SMILES string of the molecule is COC(=O)C(=C=N)C=C1C(=O)CCC1=O. The zero-order valence-corrected chi connectivity index (χ0v) is 8.12. The van der Waals surface area contributed by atoms with Gasteiger partial charge in [-0.25, -0.2) is 4.79 Å². The van der Waals surface area contributed by atoms with Gasteiger partial charge in [-0.05, 0) is 11.9 Å². The van der Waals surface area contributed by atoms with Gasteiger partial charge in [0.25, 0.3) is 0 Å². The van der Waals surface area contributed by atoms with Crippen molar-refractivity contribution in [1.29, 1.82) is 5.41 Å². The van der Waals surface area contributed by atoms with E-state index in [0.717, 1.165) is 13.2 Å². The largest absolute Gasteiger partial charge is 0.465 e. The maximum absolute atomic E-state index is 11.2. The molecular formula is C10H9NO4. The minimum atomic E-state index is -0.787. The molecule has 0 aliphatic heterocycles. The average Bonchev–Trinajstić information content (AvgIpc) is 2.55. The number of ketones is 2. The fourth-order valence-corrected chi connectivity index (χ4v) is 1.21. The Labute approximate surface area is 85.9 Å². The van der Waals surface area contributed by atoms with Crippen molar-refractivity contribution in [3.8, 4) is 0 Å². The average molecular weight is 207 g/mol. The highest BCUT2D eigenvalue weighted by atomic mass is 16.5. The number of Topliss-reactive ketones (excluding diaryl/α,β-unsaturated/α-hetero) is 2. The van der Waals surface area contributed by atoms with Crippen molar-refractivity contribution in [2.24, 2.45) is 0 Å². The van der Waals surface area contributed by atoms with Crippen molar-refractivity contribution in [3.05, 3.63) is 17.2 Å². The number of hydrogen-bond acceptors (Lipinski definition) is 5. The standard InChI is InChI=1S/C10H9NO4/c1-15-10(14)6(5-11)4-7-8(12)2-3-9(7)13/h4,11H,2-3H2,1H3. The van der Waals surface area contributed by atoms with Gasteiger partial charge >= 0.3 is 5.97 Å². The van der Waals surface area contributed by atoms with E-state index < -0.39 is 5.97 Å². The quantitative estimate of drug-likeness (QED) is 0.303. The van der Waals surface area contributed by atoms with E-state index in [1.807, 2.05) is 5.87 Å². The summed E-state index contributed by atoms with van der Waals surface area (Å²) in [4.78, 5) is 33.4. The molecule has 0 aromatic heterocycles. The lowest BCUT2D eigenvalue weighted by Gasteiger charge is -1.96. The summed E-state index contributed by atoms with van der Waals surface area (Å²) in [7, 11) is 1.15. The molecule has 5 heteroatoms. The minimum absolute atomic E-state index is 0.0462. The zero-order valence-electron chi connectivity index (χ0n) is 8.12. The molecule has 0 atom stereocenters. The molecular weight excluding hydrogens is 198 g/mol. The van der Waals surface area contributed by atoms with Crippen molar-refractivity contribution in [2.75, 3.05) is 7.11 Å². The molecule has 15 heavy (non-hydrogen) atoms. The lowest BCUT2D eigenvalue weighted by atomic mass is 10.1. The number of hydrogen-bond donors (Lipinski definition) is 1. The van der Waals surface area contributed by atoms with Gasteiger partial charge in [-0.1, -0.05) is 0 Å². The Bertz CT molecular complexity index is 395. The first kappa shape index (κ1) is 11.1. The number of carbonyl (C=O) groups excluding carboxylic acids is 3. The molecule has 0 aromatic carbocycles. The van der Waals surface area contributed by atoms with Gasteiger partial charge in [0.15, 0.2) is 11.6 Å². The highest BCUT2D eigenvalue weighted by molar-refractivity contribution is 6.26. The normalized spacial score (nSPS) is 14.9. The van der Waals surface area contributed by atoms with E-state index in [1.54, 1.807) is 0 Å². The van der Waals surface area contributed by atoms with Crippen LogP contribution in [0.5, 0.6) is 0 Å². The Hall–Kier alpha value is -2.00. The first-order valence-corrected chi connectivity index (χ1v) is 4.26. The Morgan fingerprint density at radius 2 is 1.93 bits per heavy atom. The van der Waals surface area contributed by atoms with Crippen molar-refractivity contribution in [3.63, 3.8) is 0 Å². The summed E-state index contributed by atoms with van der Waals surface area (Å²) in [6.07, 6.45) is 1.39. The van der Waals surface area contributed by atoms with Crippen LogP contribution in [0.2, 0.25) is 0 Å². The predicted octanol–water partition coefficient (Wildman–Crippen LogP) is 0.193. The predicted molar refractivity (Wildman–Crippen MR) is 50.6 cm³/mol. The van der Waals surface area contributed by atoms with Gasteiger partial charge in [0.2, 0.25) is 0 Å². The fraction of sp³-hybridized carbons (Fsp3) is 0.300. The second-order valence-electron chi connectivity index (χ2n) is 2.93. The Balaban J connectivity index is 3.05. The van der Waals surface area contributed by atoms with Crippen LogP contribution in [0.3, 0.4) is 0 Å². The van der Waals surface area contributed by atoms with Gasteiger partial charge in [-0.2, -0.15) is 0 Å². The van der Waals surface area contributed by atoms with Crippen LogP contribution in [0.4, 0.5) is 0 Å².